The summed E-state index contributed by atoms with van der Waals surface area (Å²) in [5, 5.41) is 30.6. The zero-order chi connectivity index (χ0) is 19.4. The molecule has 0 spiro atoms. The molecule has 0 aliphatic carbocycles. The number of nitro groups is 2. The Hall–Kier alpha value is -3.83. The fourth-order valence-corrected chi connectivity index (χ4v) is 2.09. The maximum Gasteiger partial charge on any atom is 0.277 e. The number of carbonyl (C=O) groups excluding carboxylic acids is 2. The lowest BCUT2D eigenvalue weighted by molar-refractivity contribution is -0.394. The molecule has 0 saturated carbocycles. The van der Waals surface area contributed by atoms with Crippen LogP contribution in [0.15, 0.2) is 24.4 Å². The number of nitrogens with one attached hydrogen (secondary N) is 2. The number of rotatable bonds is 6. The van der Waals surface area contributed by atoms with Crippen LogP contribution >= 0.6 is 0 Å². The molecule has 2 N–H and O–H groups in total. The summed E-state index contributed by atoms with van der Waals surface area (Å²) in [6.45, 7) is 2.21. The zero-order valence-corrected chi connectivity index (χ0v) is 13.8. The largest absolute Gasteiger partial charge is 0.354 e. The van der Waals surface area contributed by atoms with E-state index in [1.807, 2.05) is 0 Å². The fourth-order valence-electron chi connectivity index (χ4n) is 2.09. The summed E-state index contributed by atoms with van der Waals surface area (Å²) < 4.78 is 1.41. The molecular formula is C14H14N6O6. The minimum Gasteiger partial charge on any atom is -0.354 e. The number of anilines is 1. The van der Waals surface area contributed by atoms with Gasteiger partial charge in [0.05, 0.1) is 27.2 Å². The Morgan fingerprint density at radius 2 is 1.69 bits per heavy atom. The van der Waals surface area contributed by atoms with E-state index >= 15 is 0 Å². The number of nitrogens with zero attached hydrogens (tertiary/aromatic N) is 4. The van der Waals surface area contributed by atoms with E-state index in [2.05, 4.69) is 15.7 Å². The van der Waals surface area contributed by atoms with Crippen LogP contribution < -0.4 is 10.6 Å². The van der Waals surface area contributed by atoms with Crippen molar-refractivity contribution in [2.75, 3.05) is 12.4 Å². The second kappa shape index (κ2) is 7.38. The minimum absolute atomic E-state index is 0.0531. The van der Waals surface area contributed by atoms with Gasteiger partial charge in [-0.05, 0) is 6.92 Å². The van der Waals surface area contributed by atoms with E-state index in [-0.39, 0.29) is 16.9 Å². The second-order valence-corrected chi connectivity index (χ2v) is 5.03. The summed E-state index contributed by atoms with van der Waals surface area (Å²) in [6.07, 6.45) is 1.41. The minimum atomic E-state index is -0.849. The molecule has 26 heavy (non-hydrogen) atoms. The van der Waals surface area contributed by atoms with E-state index in [4.69, 9.17) is 0 Å². The van der Waals surface area contributed by atoms with E-state index in [0.29, 0.717) is 6.54 Å². The zero-order valence-electron chi connectivity index (χ0n) is 13.8. The first-order chi connectivity index (χ1) is 12.3. The van der Waals surface area contributed by atoms with Crippen molar-refractivity contribution in [2.24, 2.45) is 0 Å². The van der Waals surface area contributed by atoms with Crippen molar-refractivity contribution >= 4 is 28.9 Å². The lowest BCUT2D eigenvalue weighted by Crippen LogP contribution is -2.21. The van der Waals surface area contributed by atoms with E-state index in [1.165, 1.54) is 17.9 Å². The predicted molar refractivity (Wildman–Crippen MR) is 89.0 cm³/mol. The van der Waals surface area contributed by atoms with Crippen LogP contribution in [0.25, 0.3) is 0 Å². The highest BCUT2D eigenvalue weighted by molar-refractivity contribution is 6.08. The van der Waals surface area contributed by atoms with Gasteiger partial charge in [0.1, 0.15) is 0 Å². The van der Waals surface area contributed by atoms with Crippen LogP contribution in [0.4, 0.5) is 17.1 Å². The molecule has 136 valence electrons. The van der Waals surface area contributed by atoms with Crippen LogP contribution in [0.5, 0.6) is 0 Å². The van der Waals surface area contributed by atoms with Crippen LogP contribution in [0.2, 0.25) is 0 Å². The highest BCUT2D eigenvalue weighted by atomic mass is 16.6. The van der Waals surface area contributed by atoms with Gasteiger partial charge in [-0.1, -0.05) is 0 Å². The molecule has 1 aromatic heterocycles. The van der Waals surface area contributed by atoms with Gasteiger partial charge >= 0.3 is 0 Å². The van der Waals surface area contributed by atoms with Crippen molar-refractivity contribution in [1.29, 1.82) is 0 Å². The number of hydrogen-bond donors (Lipinski definition) is 2. The van der Waals surface area contributed by atoms with Gasteiger partial charge in [0.25, 0.3) is 23.2 Å². The molecule has 0 aliphatic heterocycles. The van der Waals surface area contributed by atoms with Crippen molar-refractivity contribution in [3.8, 4) is 0 Å². The number of amides is 2. The second-order valence-electron chi connectivity index (χ2n) is 5.03. The third-order valence-electron chi connectivity index (χ3n) is 3.36. The molecule has 2 aromatic rings. The Kier molecular flexibility index (Phi) is 5.25. The Morgan fingerprint density at radius 3 is 2.15 bits per heavy atom. The molecule has 0 radical (unpaired) electrons. The van der Waals surface area contributed by atoms with Crippen LogP contribution in [0.3, 0.4) is 0 Å². The first kappa shape index (κ1) is 18.5. The summed E-state index contributed by atoms with van der Waals surface area (Å²) in [5.74, 6) is -1.39. The van der Waals surface area contributed by atoms with Crippen molar-refractivity contribution in [1.82, 2.24) is 15.1 Å². The van der Waals surface area contributed by atoms with Gasteiger partial charge in [-0.2, -0.15) is 5.10 Å². The van der Waals surface area contributed by atoms with Crippen molar-refractivity contribution in [2.45, 2.75) is 13.5 Å². The first-order valence-electron chi connectivity index (χ1n) is 7.31. The van der Waals surface area contributed by atoms with E-state index < -0.39 is 33.0 Å². The topological polar surface area (TPSA) is 162 Å². The molecule has 0 atom stereocenters. The maximum atomic E-state index is 12.4. The quantitative estimate of drug-likeness (QED) is 0.578. The van der Waals surface area contributed by atoms with Gasteiger partial charge < -0.3 is 10.6 Å². The number of hydrogen-bond acceptors (Lipinski definition) is 7. The number of carbonyl (C=O) groups is 2. The summed E-state index contributed by atoms with van der Waals surface area (Å²) in [4.78, 5) is 44.4. The average molecular weight is 362 g/mol. The van der Waals surface area contributed by atoms with Crippen molar-refractivity contribution in [3.63, 3.8) is 0 Å². The number of benzene rings is 1. The van der Waals surface area contributed by atoms with Gasteiger partial charge in [0.15, 0.2) is 5.69 Å². The SMILES string of the molecule is CCn1cc(NC(=O)c2cc([N+](=O)[O-])cc([N+](=O)[O-])c2)c(C(=O)NC)n1. The molecular weight excluding hydrogens is 348 g/mol. The molecule has 12 nitrogen and oxygen atoms in total. The molecule has 2 amide bonds. The molecule has 0 fully saturated rings. The van der Waals surface area contributed by atoms with Gasteiger partial charge in [-0.3, -0.25) is 34.5 Å². The highest BCUT2D eigenvalue weighted by Gasteiger charge is 2.22. The van der Waals surface area contributed by atoms with E-state index in [9.17, 15) is 29.8 Å². The van der Waals surface area contributed by atoms with Crippen LogP contribution in [0, 0.1) is 20.2 Å². The lowest BCUT2D eigenvalue weighted by Gasteiger charge is -2.05. The molecule has 0 bridgehead atoms. The fraction of sp³-hybridized carbons (Fsp3) is 0.214. The smallest absolute Gasteiger partial charge is 0.277 e. The van der Waals surface area contributed by atoms with Crippen LogP contribution in [-0.4, -0.2) is 38.5 Å². The van der Waals surface area contributed by atoms with Crippen molar-refractivity contribution in [3.05, 3.63) is 55.9 Å². The first-order valence-corrected chi connectivity index (χ1v) is 7.31. The molecule has 1 heterocycles. The van der Waals surface area contributed by atoms with Gasteiger partial charge in [-0.25, -0.2) is 0 Å². The van der Waals surface area contributed by atoms with Crippen LogP contribution in [0.1, 0.15) is 27.8 Å². The number of aryl methyl sites for hydroxylation is 1. The van der Waals surface area contributed by atoms with E-state index in [0.717, 1.165) is 18.2 Å². The van der Waals surface area contributed by atoms with Crippen molar-refractivity contribution < 1.29 is 19.4 Å². The Labute approximate surface area is 146 Å². The Balaban J connectivity index is 2.42. The molecule has 12 heteroatoms. The summed E-state index contributed by atoms with van der Waals surface area (Å²) in [6, 6.07) is 2.57. The molecule has 0 unspecified atom stereocenters. The summed E-state index contributed by atoms with van der Waals surface area (Å²) in [5.41, 5.74) is -1.47. The third kappa shape index (κ3) is 3.80. The summed E-state index contributed by atoms with van der Waals surface area (Å²) in [7, 11) is 1.39. The Morgan fingerprint density at radius 1 is 1.12 bits per heavy atom. The predicted octanol–water partition coefficient (Wildman–Crippen LogP) is 1.33. The summed E-state index contributed by atoms with van der Waals surface area (Å²) >= 11 is 0. The standard InChI is InChI=1S/C14H14N6O6/c1-3-18-7-11(12(17-18)14(22)15-2)16-13(21)8-4-9(19(23)24)6-10(5-8)20(25)26/h4-7H,3H2,1-2H3,(H,15,22)(H,16,21). The van der Waals surface area contributed by atoms with Gasteiger partial charge in [0, 0.05) is 31.9 Å². The average Bonchev–Trinajstić information content (AvgIpc) is 3.03. The molecule has 2 rings (SSSR count). The maximum absolute atomic E-state index is 12.4. The third-order valence-corrected chi connectivity index (χ3v) is 3.36. The molecule has 0 aliphatic rings. The van der Waals surface area contributed by atoms with E-state index in [1.54, 1.807) is 6.92 Å². The molecule has 0 saturated heterocycles. The highest BCUT2D eigenvalue weighted by Crippen LogP contribution is 2.24. The number of nitro benzene ring substituents is 2. The van der Waals surface area contributed by atoms with Crippen LogP contribution in [-0.2, 0) is 6.54 Å². The lowest BCUT2D eigenvalue weighted by atomic mass is 10.1. The van der Waals surface area contributed by atoms with Gasteiger partial charge in [-0.15, -0.1) is 0 Å². The normalized spacial score (nSPS) is 10.2. The monoisotopic (exact) mass is 362 g/mol. The number of non-ortho nitro benzene ring substituents is 2. The molecule has 1 aromatic carbocycles. The number of aromatic nitrogens is 2. The van der Waals surface area contributed by atoms with Gasteiger partial charge in [0.2, 0.25) is 0 Å². The Bertz CT molecular complexity index is 873.